The Bertz CT molecular complexity index is 851. The molecule has 0 saturated heterocycles. The third-order valence-corrected chi connectivity index (χ3v) is 3.02. The molecule has 1 N–H and O–H groups in total. The predicted octanol–water partition coefficient (Wildman–Crippen LogP) is 0.697. The Balaban J connectivity index is 2.54. The molecule has 1 aromatic carbocycles. The van der Waals surface area contributed by atoms with Crippen molar-refractivity contribution in [1.29, 1.82) is 0 Å². The first kappa shape index (κ1) is 15.9. The first-order valence-electron chi connectivity index (χ1n) is 6.14. The summed E-state index contributed by atoms with van der Waals surface area (Å²) in [4.78, 5) is 43.6. The van der Waals surface area contributed by atoms with Gasteiger partial charge in [-0.3, -0.25) is 34.9 Å². The zero-order valence-electron chi connectivity index (χ0n) is 11.7. The lowest BCUT2D eigenvalue weighted by molar-refractivity contribution is -0.394. The van der Waals surface area contributed by atoms with Gasteiger partial charge in [-0.05, 0) is 6.07 Å². The van der Waals surface area contributed by atoms with Crippen molar-refractivity contribution >= 4 is 17.3 Å². The van der Waals surface area contributed by atoms with Crippen LogP contribution in [0, 0.1) is 20.2 Å². The number of nitro groups is 2. The molecule has 11 heteroatoms. The molecule has 0 fully saturated rings. The van der Waals surface area contributed by atoms with Gasteiger partial charge in [-0.15, -0.1) is 0 Å². The van der Waals surface area contributed by atoms with Crippen molar-refractivity contribution < 1.29 is 19.4 Å². The maximum Gasteiger partial charge on any atom is 0.310 e. The number of aromatic nitrogens is 2. The molecule has 2 aromatic rings. The first-order valence-corrected chi connectivity index (χ1v) is 6.14. The Kier molecular flexibility index (Phi) is 4.21. The minimum atomic E-state index is -0.838. The molecule has 0 aliphatic carbocycles. The SMILES string of the molecule is COC(=O)Cc1c[nH]n(-c2ccc([N+](=O)[O-])cc2[N+](=O)[O-])c1=O. The maximum absolute atomic E-state index is 12.2. The monoisotopic (exact) mass is 322 g/mol. The van der Waals surface area contributed by atoms with Crippen LogP contribution in [0.3, 0.4) is 0 Å². The number of ether oxygens (including phenoxy) is 1. The number of benzene rings is 1. The first-order chi connectivity index (χ1) is 10.8. The van der Waals surface area contributed by atoms with Crippen molar-refractivity contribution in [2.45, 2.75) is 6.42 Å². The van der Waals surface area contributed by atoms with E-state index in [0.29, 0.717) is 0 Å². The summed E-state index contributed by atoms with van der Waals surface area (Å²) in [5, 5.41) is 24.3. The van der Waals surface area contributed by atoms with Gasteiger partial charge in [0.05, 0.1) is 29.4 Å². The van der Waals surface area contributed by atoms with E-state index >= 15 is 0 Å². The second-order valence-corrected chi connectivity index (χ2v) is 4.38. The number of carbonyl (C=O) groups is 1. The smallest absolute Gasteiger partial charge is 0.310 e. The molecule has 0 aliphatic rings. The quantitative estimate of drug-likeness (QED) is 0.483. The fourth-order valence-corrected chi connectivity index (χ4v) is 1.90. The minimum Gasteiger partial charge on any atom is -0.469 e. The number of nitro benzene ring substituents is 2. The van der Waals surface area contributed by atoms with Gasteiger partial charge in [0, 0.05) is 17.8 Å². The topological polar surface area (TPSA) is 150 Å². The zero-order chi connectivity index (χ0) is 17.1. The van der Waals surface area contributed by atoms with Gasteiger partial charge in [0.25, 0.3) is 11.2 Å². The molecule has 0 unspecified atom stereocenters. The molecule has 1 heterocycles. The summed E-state index contributed by atoms with van der Waals surface area (Å²) in [6, 6.07) is 2.87. The summed E-state index contributed by atoms with van der Waals surface area (Å²) in [5.41, 5.74) is -1.92. The summed E-state index contributed by atoms with van der Waals surface area (Å²) in [6.07, 6.45) is 0.907. The molecular formula is C12H10N4O7. The highest BCUT2D eigenvalue weighted by Crippen LogP contribution is 2.26. The van der Waals surface area contributed by atoms with Gasteiger partial charge >= 0.3 is 11.7 Å². The van der Waals surface area contributed by atoms with E-state index in [0.717, 1.165) is 30.0 Å². The van der Waals surface area contributed by atoms with E-state index in [9.17, 15) is 29.8 Å². The average Bonchev–Trinajstić information content (AvgIpc) is 2.87. The Morgan fingerprint density at radius 3 is 2.57 bits per heavy atom. The Labute approximate surface area is 127 Å². The van der Waals surface area contributed by atoms with Crippen LogP contribution in [-0.4, -0.2) is 32.7 Å². The van der Waals surface area contributed by atoms with E-state index in [-0.39, 0.29) is 17.7 Å². The predicted molar refractivity (Wildman–Crippen MR) is 75.4 cm³/mol. The number of methoxy groups -OCH3 is 1. The third kappa shape index (κ3) is 3.07. The van der Waals surface area contributed by atoms with Crippen LogP contribution in [0.1, 0.15) is 5.56 Å². The minimum absolute atomic E-state index is 0.0458. The van der Waals surface area contributed by atoms with Gasteiger partial charge in [-0.25, -0.2) is 4.68 Å². The van der Waals surface area contributed by atoms with Crippen molar-refractivity contribution in [1.82, 2.24) is 9.78 Å². The van der Waals surface area contributed by atoms with Crippen LogP contribution in [-0.2, 0) is 16.0 Å². The molecule has 23 heavy (non-hydrogen) atoms. The average molecular weight is 322 g/mol. The molecule has 0 atom stereocenters. The van der Waals surface area contributed by atoms with E-state index < -0.39 is 32.7 Å². The van der Waals surface area contributed by atoms with E-state index in [4.69, 9.17) is 0 Å². The number of H-pyrrole nitrogens is 1. The maximum atomic E-state index is 12.2. The van der Waals surface area contributed by atoms with Crippen LogP contribution in [0.2, 0.25) is 0 Å². The highest BCUT2D eigenvalue weighted by atomic mass is 16.6. The number of aromatic amines is 1. The van der Waals surface area contributed by atoms with Gasteiger partial charge in [0.1, 0.15) is 5.69 Å². The lowest BCUT2D eigenvalue weighted by Crippen LogP contribution is -2.20. The van der Waals surface area contributed by atoms with Gasteiger partial charge < -0.3 is 4.74 Å². The lowest BCUT2D eigenvalue weighted by Gasteiger charge is -2.03. The van der Waals surface area contributed by atoms with Gasteiger partial charge in [-0.2, -0.15) is 0 Å². The van der Waals surface area contributed by atoms with E-state index in [1.54, 1.807) is 0 Å². The van der Waals surface area contributed by atoms with Crippen LogP contribution < -0.4 is 5.56 Å². The standard InChI is InChI=1S/C12H10N4O7/c1-23-11(17)4-7-6-13-14(12(7)18)9-3-2-8(15(19)20)5-10(9)16(21)22/h2-3,5-6,13H,4H2,1H3. The van der Waals surface area contributed by atoms with Crippen molar-refractivity contribution in [3.8, 4) is 5.69 Å². The molecule has 0 radical (unpaired) electrons. The molecule has 1 aromatic heterocycles. The molecule has 0 saturated carbocycles. The van der Waals surface area contributed by atoms with Crippen LogP contribution in [0.4, 0.5) is 11.4 Å². The third-order valence-electron chi connectivity index (χ3n) is 3.02. The molecule has 11 nitrogen and oxygen atoms in total. The summed E-state index contributed by atoms with van der Waals surface area (Å²) >= 11 is 0. The molecule has 0 aliphatic heterocycles. The summed E-state index contributed by atoms with van der Waals surface area (Å²) in [6.45, 7) is 0. The van der Waals surface area contributed by atoms with Crippen molar-refractivity contribution in [2.24, 2.45) is 0 Å². The normalized spacial score (nSPS) is 10.3. The highest BCUT2D eigenvalue weighted by Gasteiger charge is 2.23. The Morgan fingerprint density at radius 2 is 2.00 bits per heavy atom. The Hall–Kier alpha value is -3.50. The molecular weight excluding hydrogens is 312 g/mol. The second kappa shape index (κ2) is 6.09. The second-order valence-electron chi connectivity index (χ2n) is 4.38. The van der Waals surface area contributed by atoms with Gasteiger partial charge in [0.2, 0.25) is 0 Å². The number of rotatable bonds is 5. The molecule has 0 bridgehead atoms. The number of hydrogen-bond donors (Lipinski definition) is 1. The summed E-state index contributed by atoms with van der Waals surface area (Å²) in [5.74, 6) is -0.647. The molecule has 120 valence electrons. The zero-order valence-corrected chi connectivity index (χ0v) is 11.7. The van der Waals surface area contributed by atoms with Crippen LogP contribution in [0.15, 0.2) is 29.2 Å². The van der Waals surface area contributed by atoms with Gasteiger partial charge in [-0.1, -0.05) is 0 Å². The van der Waals surface area contributed by atoms with Crippen LogP contribution >= 0.6 is 0 Å². The Morgan fingerprint density at radius 1 is 1.30 bits per heavy atom. The summed E-state index contributed by atoms with van der Waals surface area (Å²) < 4.78 is 5.28. The number of non-ortho nitro benzene ring substituents is 1. The van der Waals surface area contributed by atoms with Crippen molar-refractivity contribution in [2.75, 3.05) is 7.11 Å². The van der Waals surface area contributed by atoms with Crippen molar-refractivity contribution in [3.05, 3.63) is 60.5 Å². The summed E-state index contributed by atoms with van der Waals surface area (Å²) in [7, 11) is 1.16. The number of esters is 1. The largest absolute Gasteiger partial charge is 0.469 e. The fourth-order valence-electron chi connectivity index (χ4n) is 1.90. The van der Waals surface area contributed by atoms with Gasteiger partial charge in [0.15, 0.2) is 0 Å². The number of hydrogen-bond acceptors (Lipinski definition) is 7. The molecule has 0 spiro atoms. The van der Waals surface area contributed by atoms with Crippen LogP contribution in [0.25, 0.3) is 5.69 Å². The number of carbonyl (C=O) groups excluding carboxylic acids is 1. The molecule has 0 amide bonds. The van der Waals surface area contributed by atoms with E-state index in [1.165, 1.54) is 6.20 Å². The van der Waals surface area contributed by atoms with E-state index in [1.807, 2.05) is 0 Å². The molecule has 2 rings (SSSR count). The lowest BCUT2D eigenvalue weighted by atomic mass is 10.2. The van der Waals surface area contributed by atoms with E-state index in [2.05, 4.69) is 9.84 Å². The number of nitrogens with zero attached hydrogens (tertiary/aromatic N) is 3. The number of nitrogens with one attached hydrogen (secondary N) is 1. The van der Waals surface area contributed by atoms with Crippen molar-refractivity contribution in [3.63, 3.8) is 0 Å². The highest BCUT2D eigenvalue weighted by molar-refractivity contribution is 5.72. The fraction of sp³-hybridized carbons (Fsp3) is 0.167. The van der Waals surface area contributed by atoms with Crippen LogP contribution in [0.5, 0.6) is 0 Å².